The largest absolute Gasteiger partial charge is 0.481 e. The van der Waals surface area contributed by atoms with Crippen LogP contribution in [0.4, 0.5) is 0 Å². The van der Waals surface area contributed by atoms with Crippen molar-refractivity contribution in [2.75, 3.05) is 11.5 Å². The van der Waals surface area contributed by atoms with Gasteiger partial charge in [0.25, 0.3) is 0 Å². The number of benzene rings is 2. The lowest BCUT2D eigenvalue weighted by Crippen LogP contribution is -2.01. The van der Waals surface area contributed by atoms with Crippen LogP contribution >= 0.6 is 35.1 Å². The van der Waals surface area contributed by atoms with Crippen LogP contribution in [0, 0.1) is 0 Å². The molecule has 3 aromatic rings. The van der Waals surface area contributed by atoms with Gasteiger partial charge in [-0.3, -0.25) is 9.59 Å². The number of oxazole rings is 1. The van der Waals surface area contributed by atoms with Gasteiger partial charge < -0.3 is 14.6 Å². The van der Waals surface area contributed by atoms with Gasteiger partial charge in [-0.25, -0.2) is 4.98 Å². The minimum absolute atomic E-state index is 0.0569. The first kappa shape index (κ1) is 23.2. The Labute approximate surface area is 192 Å². The van der Waals surface area contributed by atoms with Crippen molar-refractivity contribution in [2.24, 2.45) is 0 Å². The number of hydrogen-bond acceptors (Lipinski definition) is 6. The van der Waals surface area contributed by atoms with E-state index in [2.05, 4.69) is 4.98 Å². The molecule has 0 saturated carbocycles. The summed E-state index contributed by atoms with van der Waals surface area (Å²) in [6.45, 7) is 0. The molecule has 0 unspecified atom stereocenters. The number of halogens is 1. The molecule has 6 nitrogen and oxygen atoms in total. The van der Waals surface area contributed by atoms with Crippen molar-refractivity contribution in [1.82, 2.24) is 4.98 Å². The molecule has 31 heavy (non-hydrogen) atoms. The number of thioether (sulfide) groups is 2. The Hall–Kier alpha value is -2.42. The lowest BCUT2D eigenvalue weighted by molar-refractivity contribution is -0.137. The Balaban J connectivity index is 1.74. The van der Waals surface area contributed by atoms with Crippen molar-refractivity contribution in [1.29, 1.82) is 0 Å². The molecule has 0 amide bonds. The first-order chi connectivity index (χ1) is 14.9. The number of nitrogens with zero attached hydrogens (tertiary/aromatic N) is 1. The van der Waals surface area contributed by atoms with Crippen molar-refractivity contribution in [3.05, 3.63) is 64.5 Å². The van der Waals surface area contributed by atoms with Crippen molar-refractivity contribution in [3.8, 4) is 0 Å². The van der Waals surface area contributed by atoms with Crippen LogP contribution in [-0.4, -0.2) is 38.6 Å². The maximum atomic E-state index is 10.8. The molecule has 0 bridgehead atoms. The molecule has 0 aliphatic rings. The van der Waals surface area contributed by atoms with Gasteiger partial charge in [0.15, 0.2) is 5.58 Å². The lowest BCUT2D eigenvalue weighted by atomic mass is 10.1. The van der Waals surface area contributed by atoms with Gasteiger partial charge in [0, 0.05) is 22.6 Å². The standard InChI is InChI=1S/C22H20ClNO5S2/c23-16-5-6-18-17(13-16)24-19(29-18)7-4-14-2-1-3-15(12-14)22(30-10-8-20(25)26)31-11-9-21(27)28/h1-7,12-13,22H,8-11H2,(H,25,26)(H,27,28)/b7-4+. The number of aliphatic carboxylic acids is 2. The molecule has 9 heteroatoms. The Morgan fingerprint density at radius 2 is 1.74 bits per heavy atom. The highest BCUT2D eigenvalue weighted by Crippen LogP contribution is 2.40. The van der Waals surface area contributed by atoms with Crippen LogP contribution in [0.1, 0.15) is 34.4 Å². The highest BCUT2D eigenvalue weighted by atomic mass is 35.5. The van der Waals surface area contributed by atoms with Gasteiger partial charge in [-0.1, -0.05) is 29.8 Å². The third-order valence-corrected chi connectivity index (χ3v) is 7.22. The smallest absolute Gasteiger partial charge is 0.304 e. The summed E-state index contributed by atoms with van der Waals surface area (Å²) in [6, 6.07) is 13.1. The number of fused-ring (bicyclic) bond motifs is 1. The molecule has 1 aromatic heterocycles. The second kappa shape index (κ2) is 11.3. The number of aromatic nitrogens is 1. The summed E-state index contributed by atoms with van der Waals surface area (Å²) < 4.78 is 5.64. The number of carboxylic acid groups (broad SMARTS) is 2. The van der Waals surface area contributed by atoms with Gasteiger partial charge in [0.1, 0.15) is 5.52 Å². The van der Waals surface area contributed by atoms with Gasteiger partial charge >= 0.3 is 11.9 Å². The molecule has 0 atom stereocenters. The first-order valence-electron chi connectivity index (χ1n) is 9.41. The van der Waals surface area contributed by atoms with E-state index in [4.69, 9.17) is 26.2 Å². The number of hydrogen-bond donors (Lipinski definition) is 2. The summed E-state index contributed by atoms with van der Waals surface area (Å²) in [5.41, 5.74) is 3.27. The van der Waals surface area contributed by atoms with E-state index in [1.165, 1.54) is 23.5 Å². The monoisotopic (exact) mass is 477 g/mol. The van der Waals surface area contributed by atoms with E-state index in [-0.39, 0.29) is 17.4 Å². The number of carbonyl (C=O) groups is 2. The Morgan fingerprint density at radius 3 is 2.42 bits per heavy atom. The van der Waals surface area contributed by atoms with E-state index < -0.39 is 11.9 Å². The van der Waals surface area contributed by atoms with E-state index >= 15 is 0 Å². The number of rotatable bonds is 11. The van der Waals surface area contributed by atoms with E-state index in [0.29, 0.717) is 33.5 Å². The fourth-order valence-electron chi connectivity index (χ4n) is 2.71. The molecule has 1 heterocycles. The maximum absolute atomic E-state index is 10.8. The molecule has 0 saturated heterocycles. The first-order valence-corrected chi connectivity index (χ1v) is 11.9. The average Bonchev–Trinajstić information content (AvgIpc) is 3.13. The van der Waals surface area contributed by atoms with Crippen molar-refractivity contribution >= 4 is 70.3 Å². The Bertz CT molecular complexity index is 1080. The lowest BCUT2D eigenvalue weighted by Gasteiger charge is -2.16. The van der Waals surface area contributed by atoms with Gasteiger partial charge in [-0.15, -0.1) is 23.5 Å². The third-order valence-electron chi connectivity index (χ3n) is 4.14. The summed E-state index contributed by atoms with van der Waals surface area (Å²) in [5, 5.41) is 18.4. The fourth-order valence-corrected chi connectivity index (χ4v) is 5.53. The zero-order chi connectivity index (χ0) is 22.2. The molecule has 0 aliphatic heterocycles. The predicted molar refractivity (Wildman–Crippen MR) is 127 cm³/mol. The molecular formula is C22H20ClNO5S2. The molecule has 2 aromatic carbocycles. The second-order valence-electron chi connectivity index (χ2n) is 6.53. The van der Waals surface area contributed by atoms with E-state index in [9.17, 15) is 9.59 Å². The minimum atomic E-state index is -0.849. The highest BCUT2D eigenvalue weighted by molar-refractivity contribution is 8.16. The van der Waals surface area contributed by atoms with Crippen LogP contribution in [0.15, 0.2) is 46.9 Å². The SMILES string of the molecule is O=C(O)CCSC(SCCC(=O)O)c1cccc(/C=C/c2nc3cc(Cl)ccc3o2)c1. The number of carboxylic acids is 2. The van der Waals surface area contributed by atoms with E-state index in [1.54, 1.807) is 24.3 Å². The Kier molecular flexibility index (Phi) is 8.45. The maximum Gasteiger partial charge on any atom is 0.304 e. The van der Waals surface area contributed by atoms with Crippen LogP contribution in [-0.2, 0) is 9.59 Å². The van der Waals surface area contributed by atoms with Crippen LogP contribution in [0.2, 0.25) is 5.02 Å². The van der Waals surface area contributed by atoms with E-state index in [0.717, 1.165) is 11.1 Å². The zero-order valence-electron chi connectivity index (χ0n) is 16.4. The average molecular weight is 478 g/mol. The molecule has 3 rings (SSSR count). The molecule has 162 valence electrons. The fraction of sp³-hybridized carbons (Fsp3) is 0.227. The molecule has 0 radical (unpaired) electrons. The summed E-state index contributed by atoms with van der Waals surface area (Å²) in [6.07, 6.45) is 3.78. The molecular weight excluding hydrogens is 458 g/mol. The molecule has 0 aliphatic carbocycles. The normalized spacial score (nSPS) is 11.5. The topological polar surface area (TPSA) is 101 Å². The highest BCUT2D eigenvalue weighted by Gasteiger charge is 2.15. The second-order valence-corrected chi connectivity index (χ2v) is 9.69. The summed E-state index contributed by atoms with van der Waals surface area (Å²) in [7, 11) is 0. The quantitative estimate of drug-likeness (QED) is 0.321. The predicted octanol–water partition coefficient (Wildman–Crippen LogP) is 6.07. The third kappa shape index (κ3) is 7.34. The van der Waals surface area contributed by atoms with Crippen LogP contribution in [0.5, 0.6) is 0 Å². The zero-order valence-corrected chi connectivity index (χ0v) is 18.8. The van der Waals surface area contributed by atoms with Gasteiger partial charge in [0.05, 0.1) is 17.4 Å². The van der Waals surface area contributed by atoms with Crippen molar-refractivity contribution < 1.29 is 24.2 Å². The molecule has 0 spiro atoms. The van der Waals surface area contributed by atoms with Crippen LogP contribution in [0.25, 0.3) is 23.3 Å². The van der Waals surface area contributed by atoms with Gasteiger partial charge in [-0.05, 0) is 41.5 Å². The minimum Gasteiger partial charge on any atom is -0.481 e. The van der Waals surface area contributed by atoms with Crippen LogP contribution in [0.3, 0.4) is 0 Å². The van der Waals surface area contributed by atoms with Crippen molar-refractivity contribution in [2.45, 2.75) is 17.4 Å². The summed E-state index contributed by atoms with van der Waals surface area (Å²) in [4.78, 5) is 26.1. The van der Waals surface area contributed by atoms with Gasteiger partial charge in [0.2, 0.25) is 5.89 Å². The van der Waals surface area contributed by atoms with Crippen molar-refractivity contribution in [3.63, 3.8) is 0 Å². The van der Waals surface area contributed by atoms with E-state index in [1.807, 2.05) is 30.3 Å². The molecule has 0 fully saturated rings. The molecule has 2 N–H and O–H groups in total. The van der Waals surface area contributed by atoms with Gasteiger partial charge in [-0.2, -0.15) is 0 Å². The summed E-state index contributed by atoms with van der Waals surface area (Å²) in [5.74, 6) is -0.334. The Morgan fingerprint density at radius 1 is 1.03 bits per heavy atom. The summed E-state index contributed by atoms with van der Waals surface area (Å²) >= 11 is 8.99. The van der Waals surface area contributed by atoms with Crippen LogP contribution < -0.4 is 0 Å².